The summed E-state index contributed by atoms with van der Waals surface area (Å²) in [6.45, 7) is 1.00. The Morgan fingerprint density at radius 2 is 1.27 bits per heavy atom. The van der Waals surface area contributed by atoms with Gasteiger partial charge in [0.15, 0.2) is 11.4 Å². The zero-order chi connectivity index (χ0) is 17.0. The third-order valence-corrected chi connectivity index (χ3v) is 2.50. The highest BCUT2D eigenvalue weighted by Crippen LogP contribution is 2.03. The predicted octanol–water partition coefficient (Wildman–Crippen LogP) is -2.66. The molecule has 0 aliphatic heterocycles. The fourth-order valence-corrected chi connectivity index (χ4v) is 1.26. The van der Waals surface area contributed by atoms with Crippen LogP contribution in [0.25, 0.3) is 0 Å². The standard InChI is InChI=1S/C12H18N4O6/c1-11(21,5-17)15-9(19)7-3-14-8(4-13-7)10(20)16-12(2,22)6-18/h3-4,17-18,21-22H,5-6H2,1-2H3,(H,15,19)(H,16,20). The number of nitrogens with zero attached hydrogens (tertiary/aromatic N) is 2. The number of rotatable bonds is 6. The van der Waals surface area contributed by atoms with E-state index in [0.29, 0.717) is 0 Å². The average Bonchev–Trinajstić information content (AvgIpc) is 2.46. The lowest BCUT2D eigenvalue weighted by atomic mass is 10.2. The van der Waals surface area contributed by atoms with Gasteiger partial charge in [-0.25, -0.2) is 9.97 Å². The zero-order valence-corrected chi connectivity index (χ0v) is 12.1. The van der Waals surface area contributed by atoms with Crippen LogP contribution in [0.3, 0.4) is 0 Å². The molecule has 0 aliphatic rings. The quantitative estimate of drug-likeness (QED) is 0.309. The van der Waals surface area contributed by atoms with E-state index in [1.807, 2.05) is 0 Å². The van der Waals surface area contributed by atoms with E-state index in [0.717, 1.165) is 12.4 Å². The van der Waals surface area contributed by atoms with Gasteiger partial charge in [0.05, 0.1) is 25.6 Å². The van der Waals surface area contributed by atoms with Crippen LogP contribution in [0.2, 0.25) is 0 Å². The van der Waals surface area contributed by atoms with Crippen LogP contribution in [0.15, 0.2) is 12.4 Å². The molecule has 1 aromatic heterocycles. The molecule has 10 nitrogen and oxygen atoms in total. The van der Waals surface area contributed by atoms with Gasteiger partial charge in [-0.05, 0) is 13.8 Å². The van der Waals surface area contributed by atoms with Crippen LogP contribution in [-0.4, -0.2) is 66.9 Å². The monoisotopic (exact) mass is 314 g/mol. The van der Waals surface area contributed by atoms with E-state index in [2.05, 4.69) is 20.6 Å². The molecule has 0 bridgehead atoms. The molecule has 122 valence electrons. The predicted molar refractivity (Wildman–Crippen MR) is 72.4 cm³/mol. The number of aromatic nitrogens is 2. The summed E-state index contributed by atoms with van der Waals surface area (Å²) in [6, 6.07) is 0. The van der Waals surface area contributed by atoms with Crippen LogP contribution in [0.1, 0.15) is 34.8 Å². The molecule has 0 spiro atoms. The summed E-state index contributed by atoms with van der Waals surface area (Å²) >= 11 is 0. The second-order valence-electron chi connectivity index (χ2n) is 5.06. The summed E-state index contributed by atoms with van der Waals surface area (Å²) in [5.41, 5.74) is -3.98. The highest BCUT2D eigenvalue weighted by molar-refractivity contribution is 5.94. The van der Waals surface area contributed by atoms with Crippen LogP contribution in [0.4, 0.5) is 0 Å². The smallest absolute Gasteiger partial charge is 0.273 e. The molecule has 1 aromatic rings. The summed E-state index contributed by atoms with van der Waals surface area (Å²) in [5.74, 6) is -1.58. The summed E-state index contributed by atoms with van der Waals surface area (Å²) in [5, 5.41) is 40.9. The van der Waals surface area contributed by atoms with E-state index in [-0.39, 0.29) is 11.4 Å². The number of carbonyl (C=O) groups excluding carboxylic acids is 2. The Labute approximate surface area is 125 Å². The van der Waals surface area contributed by atoms with Crippen LogP contribution >= 0.6 is 0 Å². The van der Waals surface area contributed by atoms with Gasteiger partial charge in [-0.15, -0.1) is 0 Å². The largest absolute Gasteiger partial charge is 0.391 e. The van der Waals surface area contributed by atoms with Crippen LogP contribution in [-0.2, 0) is 0 Å². The Kier molecular flexibility index (Phi) is 5.49. The molecule has 0 aromatic carbocycles. The SMILES string of the molecule is CC(O)(CO)NC(=O)c1cnc(C(=O)NC(C)(O)CO)cn1. The van der Waals surface area contributed by atoms with E-state index in [1.165, 1.54) is 13.8 Å². The highest BCUT2D eigenvalue weighted by Gasteiger charge is 2.25. The summed E-state index contributed by atoms with van der Waals surface area (Å²) in [4.78, 5) is 30.8. The molecule has 22 heavy (non-hydrogen) atoms. The number of aliphatic hydroxyl groups is 4. The Morgan fingerprint density at radius 3 is 1.50 bits per heavy atom. The lowest BCUT2D eigenvalue weighted by Gasteiger charge is -2.22. The molecule has 6 N–H and O–H groups in total. The van der Waals surface area contributed by atoms with Crippen molar-refractivity contribution in [1.82, 2.24) is 20.6 Å². The lowest BCUT2D eigenvalue weighted by Crippen LogP contribution is -2.49. The number of hydrogen-bond acceptors (Lipinski definition) is 8. The molecule has 2 atom stereocenters. The van der Waals surface area contributed by atoms with Crippen LogP contribution < -0.4 is 10.6 Å². The number of hydrogen-bond donors (Lipinski definition) is 6. The minimum absolute atomic E-state index is 0.181. The number of aliphatic hydroxyl groups excluding tert-OH is 2. The minimum atomic E-state index is -1.81. The van der Waals surface area contributed by atoms with Crippen molar-refractivity contribution >= 4 is 11.8 Å². The molecular formula is C12H18N4O6. The highest BCUT2D eigenvalue weighted by atomic mass is 16.4. The average molecular weight is 314 g/mol. The van der Waals surface area contributed by atoms with E-state index in [9.17, 15) is 19.8 Å². The van der Waals surface area contributed by atoms with Crippen molar-refractivity contribution in [2.45, 2.75) is 25.3 Å². The molecule has 0 fully saturated rings. The van der Waals surface area contributed by atoms with Crippen molar-refractivity contribution in [1.29, 1.82) is 0 Å². The normalized spacial score (nSPS) is 16.3. The molecule has 0 aliphatic carbocycles. The number of nitrogens with one attached hydrogen (secondary N) is 2. The van der Waals surface area contributed by atoms with Gasteiger partial charge in [-0.1, -0.05) is 0 Å². The van der Waals surface area contributed by atoms with Gasteiger partial charge in [-0.2, -0.15) is 0 Å². The summed E-state index contributed by atoms with van der Waals surface area (Å²) < 4.78 is 0. The van der Waals surface area contributed by atoms with Gasteiger partial charge in [0, 0.05) is 0 Å². The van der Waals surface area contributed by atoms with E-state index in [1.54, 1.807) is 0 Å². The van der Waals surface area contributed by atoms with Gasteiger partial charge in [0.1, 0.15) is 11.4 Å². The van der Waals surface area contributed by atoms with Gasteiger partial charge in [-0.3, -0.25) is 9.59 Å². The van der Waals surface area contributed by atoms with Crippen molar-refractivity contribution in [2.75, 3.05) is 13.2 Å². The minimum Gasteiger partial charge on any atom is -0.391 e. The summed E-state index contributed by atoms with van der Waals surface area (Å²) in [6.07, 6.45) is 1.98. The lowest BCUT2D eigenvalue weighted by molar-refractivity contribution is -0.0224. The number of amides is 2. The first-order valence-electron chi connectivity index (χ1n) is 6.24. The van der Waals surface area contributed by atoms with Crippen molar-refractivity contribution < 1.29 is 30.0 Å². The molecule has 0 saturated carbocycles. The second-order valence-corrected chi connectivity index (χ2v) is 5.06. The Bertz CT molecular complexity index is 494. The first-order valence-corrected chi connectivity index (χ1v) is 6.24. The van der Waals surface area contributed by atoms with E-state index < -0.39 is 36.5 Å². The second kappa shape index (κ2) is 6.75. The van der Waals surface area contributed by atoms with Crippen molar-refractivity contribution in [2.24, 2.45) is 0 Å². The molecule has 2 unspecified atom stereocenters. The van der Waals surface area contributed by atoms with Crippen LogP contribution in [0.5, 0.6) is 0 Å². The maximum atomic E-state index is 11.7. The Hall–Kier alpha value is -2.14. The van der Waals surface area contributed by atoms with Crippen molar-refractivity contribution in [3.63, 3.8) is 0 Å². The maximum absolute atomic E-state index is 11.7. The molecule has 0 radical (unpaired) electrons. The summed E-state index contributed by atoms with van der Waals surface area (Å²) in [7, 11) is 0. The first-order chi connectivity index (χ1) is 10.1. The molecule has 1 heterocycles. The Morgan fingerprint density at radius 1 is 0.955 bits per heavy atom. The molecule has 0 saturated heterocycles. The third kappa shape index (κ3) is 5.00. The van der Waals surface area contributed by atoms with Gasteiger partial charge in [0.25, 0.3) is 11.8 Å². The fraction of sp³-hybridized carbons (Fsp3) is 0.500. The Balaban J connectivity index is 2.79. The first kappa shape index (κ1) is 17.9. The van der Waals surface area contributed by atoms with Crippen molar-refractivity contribution in [3.8, 4) is 0 Å². The van der Waals surface area contributed by atoms with Gasteiger partial charge >= 0.3 is 0 Å². The van der Waals surface area contributed by atoms with E-state index in [4.69, 9.17) is 10.2 Å². The number of carbonyl (C=O) groups is 2. The van der Waals surface area contributed by atoms with Crippen molar-refractivity contribution in [3.05, 3.63) is 23.8 Å². The fourth-order valence-electron chi connectivity index (χ4n) is 1.26. The van der Waals surface area contributed by atoms with E-state index >= 15 is 0 Å². The van der Waals surface area contributed by atoms with Crippen LogP contribution in [0, 0.1) is 0 Å². The zero-order valence-electron chi connectivity index (χ0n) is 12.1. The van der Waals surface area contributed by atoms with Gasteiger partial charge in [0.2, 0.25) is 0 Å². The third-order valence-electron chi connectivity index (χ3n) is 2.50. The molecule has 10 heteroatoms. The topological polar surface area (TPSA) is 165 Å². The molecule has 2 amide bonds. The molecular weight excluding hydrogens is 296 g/mol. The van der Waals surface area contributed by atoms with Gasteiger partial charge < -0.3 is 31.1 Å². The molecule has 1 rings (SSSR count). The maximum Gasteiger partial charge on any atom is 0.273 e.